The van der Waals surface area contributed by atoms with Gasteiger partial charge in [0, 0.05) is 48.4 Å². The predicted molar refractivity (Wildman–Crippen MR) is 122 cm³/mol. The molecule has 2 aromatic carbocycles. The second kappa shape index (κ2) is 11.2. The van der Waals surface area contributed by atoms with Gasteiger partial charge in [-0.3, -0.25) is 9.59 Å². The van der Waals surface area contributed by atoms with E-state index in [0.29, 0.717) is 24.1 Å². The summed E-state index contributed by atoms with van der Waals surface area (Å²) in [7, 11) is 0. The molecule has 0 bridgehead atoms. The number of halogens is 7. The van der Waals surface area contributed by atoms with Crippen molar-refractivity contribution in [3.8, 4) is 0 Å². The summed E-state index contributed by atoms with van der Waals surface area (Å²) in [4.78, 5) is 36.3. The predicted octanol–water partition coefficient (Wildman–Crippen LogP) is 5.12. The molecule has 2 amide bonds. The summed E-state index contributed by atoms with van der Waals surface area (Å²) in [5.74, 6) is -1.26. The third-order valence-corrected chi connectivity index (χ3v) is 5.47. The minimum atomic E-state index is -6.29. The Morgan fingerprint density at radius 1 is 0.973 bits per heavy atom. The molecular weight excluding hydrogens is 511 g/mol. The SMILES string of the molecule is Cc1cc(C(F)(C(F)(F)F)C(F)(F)F)cc(C)c1N(CCC=O)C(=O)c1cccc(NCCC(N)=O)c1. The Bertz CT molecular complexity index is 1130. The number of hydrogen-bond donors (Lipinski definition) is 2. The molecule has 3 N–H and O–H groups in total. The highest BCUT2D eigenvalue weighted by Gasteiger charge is 2.73. The van der Waals surface area contributed by atoms with E-state index in [1.807, 2.05) is 0 Å². The monoisotopic (exact) mass is 535 g/mol. The van der Waals surface area contributed by atoms with Crippen LogP contribution in [-0.2, 0) is 15.3 Å². The number of anilines is 2. The average molecular weight is 535 g/mol. The van der Waals surface area contributed by atoms with Gasteiger partial charge in [0.05, 0.1) is 0 Å². The van der Waals surface area contributed by atoms with Crippen molar-refractivity contribution in [3.05, 3.63) is 58.7 Å². The molecule has 0 spiro atoms. The fourth-order valence-electron chi connectivity index (χ4n) is 3.81. The fraction of sp³-hybridized carbons (Fsp3) is 0.375. The van der Waals surface area contributed by atoms with Crippen molar-refractivity contribution in [2.75, 3.05) is 23.3 Å². The lowest BCUT2D eigenvalue weighted by Gasteiger charge is -2.32. The Hall–Kier alpha value is -3.64. The van der Waals surface area contributed by atoms with Crippen molar-refractivity contribution in [2.45, 2.75) is 44.7 Å². The lowest BCUT2D eigenvalue weighted by atomic mass is 9.90. The quantitative estimate of drug-likeness (QED) is 0.327. The van der Waals surface area contributed by atoms with E-state index in [-0.39, 0.29) is 48.3 Å². The molecule has 2 aromatic rings. The highest BCUT2D eigenvalue weighted by Crippen LogP contribution is 2.54. The molecule has 0 unspecified atom stereocenters. The highest BCUT2D eigenvalue weighted by molar-refractivity contribution is 6.07. The normalized spacial score (nSPS) is 12.2. The summed E-state index contributed by atoms with van der Waals surface area (Å²) in [6.45, 7) is 2.21. The van der Waals surface area contributed by atoms with Gasteiger partial charge in [0.2, 0.25) is 5.91 Å². The molecule has 0 aromatic heterocycles. The number of nitrogens with zero attached hydrogens (tertiary/aromatic N) is 1. The maximum Gasteiger partial charge on any atom is 0.435 e. The van der Waals surface area contributed by atoms with E-state index < -0.39 is 35.4 Å². The second-order valence-corrected chi connectivity index (χ2v) is 8.25. The van der Waals surface area contributed by atoms with E-state index in [2.05, 4.69) is 5.32 Å². The minimum absolute atomic E-state index is 0.0142. The van der Waals surface area contributed by atoms with Gasteiger partial charge in [0.15, 0.2) is 0 Å². The Morgan fingerprint density at radius 2 is 1.54 bits per heavy atom. The number of hydrogen-bond acceptors (Lipinski definition) is 4. The molecule has 0 atom stereocenters. The van der Waals surface area contributed by atoms with Crippen molar-refractivity contribution in [2.24, 2.45) is 5.73 Å². The van der Waals surface area contributed by atoms with Gasteiger partial charge in [-0.1, -0.05) is 18.2 Å². The van der Waals surface area contributed by atoms with Crippen LogP contribution in [0, 0.1) is 13.8 Å². The average Bonchev–Trinajstić information content (AvgIpc) is 2.78. The van der Waals surface area contributed by atoms with Crippen LogP contribution in [-0.4, -0.2) is 43.5 Å². The molecule has 2 rings (SSSR count). The van der Waals surface area contributed by atoms with E-state index in [4.69, 9.17) is 5.73 Å². The number of carbonyl (C=O) groups is 3. The van der Waals surface area contributed by atoms with Crippen LogP contribution in [0.25, 0.3) is 0 Å². The van der Waals surface area contributed by atoms with Crippen molar-refractivity contribution in [1.82, 2.24) is 0 Å². The first-order chi connectivity index (χ1) is 17.0. The number of rotatable bonds is 10. The van der Waals surface area contributed by atoms with Crippen LogP contribution >= 0.6 is 0 Å². The Balaban J connectivity index is 2.56. The Morgan fingerprint density at radius 3 is 2.03 bits per heavy atom. The lowest BCUT2D eigenvalue weighted by molar-refractivity contribution is -0.348. The van der Waals surface area contributed by atoms with Crippen LogP contribution in [0.1, 0.15) is 39.9 Å². The van der Waals surface area contributed by atoms with Gasteiger partial charge in [-0.2, -0.15) is 26.3 Å². The Kier molecular flexibility index (Phi) is 8.94. The van der Waals surface area contributed by atoms with Gasteiger partial charge in [-0.05, 0) is 43.2 Å². The molecule has 0 fully saturated rings. The number of aryl methyl sites for hydroxylation is 2. The van der Waals surface area contributed by atoms with Crippen molar-refractivity contribution < 1.29 is 45.1 Å². The number of benzene rings is 2. The van der Waals surface area contributed by atoms with Crippen molar-refractivity contribution in [1.29, 1.82) is 0 Å². The number of alkyl halides is 7. The third kappa shape index (κ3) is 6.38. The smallest absolute Gasteiger partial charge is 0.385 e. The van der Waals surface area contributed by atoms with Crippen LogP contribution < -0.4 is 16.0 Å². The van der Waals surface area contributed by atoms with Crippen molar-refractivity contribution in [3.63, 3.8) is 0 Å². The molecule has 0 aliphatic carbocycles. The minimum Gasteiger partial charge on any atom is -0.385 e. The van der Waals surface area contributed by atoms with Crippen LogP contribution in [0.5, 0.6) is 0 Å². The number of carbonyl (C=O) groups excluding carboxylic acids is 3. The third-order valence-electron chi connectivity index (χ3n) is 5.47. The largest absolute Gasteiger partial charge is 0.435 e. The second-order valence-electron chi connectivity index (χ2n) is 8.25. The molecule has 0 radical (unpaired) electrons. The molecule has 0 aliphatic rings. The first kappa shape index (κ1) is 29.6. The van der Waals surface area contributed by atoms with E-state index in [0.717, 1.165) is 18.7 Å². The number of amides is 2. The summed E-state index contributed by atoms with van der Waals surface area (Å²) in [6, 6.07) is 6.71. The summed E-state index contributed by atoms with van der Waals surface area (Å²) in [5.41, 5.74) is -2.24. The van der Waals surface area contributed by atoms with E-state index in [1.165, 1.54) is 18.2 Å². The maximum absolute atomic E-state index is 14.6. The van der Waals surface area contributed by atoms with Crippen molar-refractivity contribution >= 4 is 29.5 Å². The zero-order chi connectivity index (χ0) is 28.2. The molecule has 0 saturated heterocycles. The zero-order valence-corrected chi connectivity index (χ0v) is 19.8. The molecule has 0 saturated carbocycles. The summed E-state index contributed by atoms with van der Waals surface area (Å²) in [6.07, 6.45) is -12.3. The first-order valence-electron chi connectivity index (χ1n) is 10.9. The fourth-order valence-corrected chi connectivity index (χ4v) is 3.81. The van der Waals surface area contributed by atoms with E-state index in [1.54, 1.807) is 6.07 Å². The molecule has 0 heterocycles. The molecule has 13 heteroatoms. The summed E-state index contributed by atoms with van der Waals surface area (Å²) in [5, 5.41) is 2.89. The van der Waals surface area contributed by atoms with Gasteiger partial charge >= 0.3 is 18.0 Å². The molecule has 202 valence electrons. The molecule has 37 heavy (non-hydrogen) atoms. The first-order valence-corrected chi connectivity index (χ1v) is 10.9. The van der Waals surface area contributed by atoms with E-state index in [9.17, 15) is 45.1 Å². The zero-order valence-electron chi connectivity index (χ0n) is 19.8. The van der Waals surface area contributed by atoms with Gasteiger partial charge in [-0.25, -0.2) is 4.39 Å². The number of nitrogens with two attached hydrogens (primary N) is 1. The molecular formula is C24H24F7N3O3. The molecule has 0 aliphatic heterocycles. The maximum atomic E-state index is 14.6. The van der Waals surface area contributed by atoms with Crippen LogP contribution in [0.4, 0.5) is 42.1 Å². The van der Waals surface area contributed by atoms with Crippen LogP contribution in [0.2, 0.25) is 0 Å². The van der Waals surface area contributed by atoms with E-state index >= 15 is 0 Å². The topological polar surface area (TPSA) is 92.5 Å². The van der Waals surface area contributed by atoms with Crippen LogP contribution in [0.15, 0.2) is 36.4 Å². The summed E-state index contributed by atoms with van der Waals surface area (Å²) < 4.78 is 94.2. The number of primary amides is 1. The van der Waals surface area contributed by atoms with Gasteiger partial charge < -0.3 is 20.7 Å². The van der Waals surface area contributed by atoms with Gasteiger partial charge in [-0.15, -0.1) is 0 Å². The lowest BCUT2D eigenvalue weighted by Crippen LogP contribution is -2.50. The highest BCUT2D eigenvalue weighted by atomic mass is 19.4. The van der Waals surface area contributed by atoms with Crippen LogP contribution in [0.3, 0.4) is 0 Å². The van der Waals surface area contributed by atoms with Gasteiger partial charge in [0.1, 0.15) is 6.29 Å². The number of nitrogens with one attached hydrogen (secondary N) is 1. The van der Waals surface area contributed by atoms with Gasteiger partial charge in [0.25, 0.3) is 5.91 Å². The molecule has 6 nitrogen and oxygen atoms in total. The Labute approximate surface area is 207 Å². The number of aldehydes is 1. The standard InChI is InChI=1S/C24H24F7N3O3/c1-14-11-17(22(25,23(26,27)28)24(29,30)31)12-15(2)20(14)34(9-4-10-35)21(37)16-5-3-6-18(13-16)33-8-7-19(32)36/h3,5-6,10-13,33H,4,7-9H2,1-2H3,(H2,32,36). The summed E-state index contributed by atoms with van der Waals surface area (Å²) >= 11 is 0.